The van der Waals surface area contributed by atoms with Crippen LogP contribution >= 0.6 is 0 Å². The van der Waals surface area contributed by atoms with E-state index in [0.717, 1.165) is 13.1 Å². The van der Waals surface area contributed by atoms with Crippen molar-refractivity contribution in [2.45, 2.75) is 19.9 Å². The molecule has 1 N–H and O–H groups in total. The molecule has 0 spiro atoms. The maximum absolute atomic E-state index is 12.3. The van der Waals surface area contributed by atoms with Gasteiger partial charge in [-0.1, -0.05) is 37.3 Å². The van der Waals surface area contributed by atoms with E-state index >= 15 is 0 Å². The van der Waals surface area contributed by atoms with Gasteiger partial charge in [0.05, 0.1) is 19.9 Å². The van der Waals surface area contributed by atoms with E-state index in [-0.39, 0.29) is 5.91 Å². The Morgan fingerprint density at radius 1 is 1.08 bits per heavy atom. The fourth-order valence-electron chi connectivity index (χ4n) is 2.56. The van der Waals surface area contributed by atoms with Crippen LogP contribution in [0, 0.1) is 0 Å². The van der Waals surface area contributed by atoms with Crippen LogP contribution in [0.25, 0.3) is 0 Å². The lowest BCUT2D eigenvalue weighted by Crippen LogP contribution is -2.27. The number of anilines is 1. The zero-order chi connectivity index (χ0) is 18.1. The summed E-state index contributed by atoms with van der Waals surface area (Å²) in [6, 6.07) is 15.6. The number of carbonyl (C=O) groups is 1. The topological polar surface area (TPSA) is 50.8 Å². The molecular weight excluding hydrogens is 316 g/mol. The number of nitrogens with zero attached hydrogens (tertiary/aromatic N) is 1. The monoisotopic (exact) mass is 342 g/mol. The van der Waals surface area contributed by atoms with Crippen molar-refractivity contribution in [3.05, 3.63) is 54.1 Å². The number of rotatable bonds is 9. The highest BCUT2D eigenvalue weighted by Gasteiger charge is 2.11. The number of ether oxygens (including phenoxy) is 2. The molecular formula is C20H26N2O3. The van der Waals surface area contributed by atoms with Crippen molar-refractivity contribution in [3.8, 4) is 11.5 Å². The van der Waals surface area contributed by atoms with E-state index in [1.165, 1.54) is 5.56 Å². The fourth-order valence-corrected chi connectivity index (χ4v) is 2.56. The molecule has 5 heteroatoms. The minimum Gasteiger partial charge on any atom is -0.497 e. The summed E-state index contributed by atoms with van der Waals surface area (Å²) < 4.78 is 10.5. The van der Waals surface area contributed by atoms with Crippen molar-refractivity contribution in [1.29, 1.82) is 0 Å². The Morgan fingerprint density at radius 3 is 2.48 bits per heavy atom. The Kier molecular flexibility index (Phi) is 7.29. The molecule has 0 saturated heterocycles. The van der Waals surface area contributed by atoms with Crippen LogP contribution in [-0.2, 0) is 11.3 Å². The van der Waals surface area contributed by atoms with Gasteiger partial charge in [-0.3, -0.25) is 9.69 Å². The summed E-state index contributed by atoms with van der Waals surface area (Å²) in [6.07, 6.45) is 0.426. The van der Waals surface area contributed by atoms with Gasteiger partial charge < -0.3 is 14.8 Å². The first-order valence-electron chi connectivity index (χ1n) is 8.44. The van der Waals surface area contributed by atoms with Gasteiger partial charge in [0.2, 0.25) is 5.91 Å². The lowest BCUT2D eigenvalue weighted by Gasteiger charge is -2.20. The van der Waals surface area contributed by atoms with Crippen LogP contribution in [0.5, 0.6) is 11.5 Å². The largest absolute Gasteiger partial charge is 0.497 e. The maximum atomic E-state index is 12.3. The van der Waals surface area contributed by atoms with Gasteiger partial charge in [-0.05, 0) is 24.2 Å². The van der Waals surface area contributed by atoms with Crippen LogP contribution in [0.3, 0.4) is 0 Å². The standard InChI is InChI=1S/C20H26N2O3/c1-4-22(15-16-8-6-5-7-9-16)13-12-20(23)21-18-11-10-17(24-2)14-19(18)25-3/h5-11,14H,4,12-13,15H2,1-3H3,(H,21,23). The lowest BCUT2D eigenvalue weighted by molar-refractivity contribution is -0.116. The van der Waals surface area contributed by atoms with Gasteiger partial charge in [-0.15, -0.1) is 0 Å². The highest BCUT2D eigenvalue weighted by Crippen LogP contribution is 2.29. The molecule has 5 nitrogen and oxygen atoms in total. The van der Waals surface area contributed by atoms with Crippen molar-refractivity contribution in [2.24, 2.45) is 0 Å². The Hall–Kier alpha value is -2.53. The lowest BCUT2D eigenvalue weighted by atomic mass is 10.2. The molecule has 1 amide bonds. The smallest absolute Gasteiger partial charge is 0.225 e. The first-order chi connectivity index (χ1) is 12.2. The Labute approximate surface area is 149 Å². The van der Waals surface area contributed by atoms with Crippen molar-refractivity contribution < 1.29 is 14.3 Å². The predicted molar refractivity (Wildman–Crippen MR) is 100 cm³/mol. The number of nitrogens with one attached hydrogen (secondary N) is 1. The molecule has 25 heavy (non-hydrogen) atoms. The minimum absolute atomic E-state index is 0.0324. The third kappa shape index (κ3) is 5.80. The summed E-state index contributed by atoms with van der Waals surface area (Å²) in [5, 5.41) is 2.91. The molecule has 0 aliphatic carbocycles. The van der Waals surface area contributed by atoms with Crippen LogP contribution in [0.15, 0.2) is 48.5 Å². The Balaban J connectivity index is 1.89. The quantitative estimate of drug-likeness (QED) is 0.757. The second kappa shape index (κ2) is 9.69. The van der Waals surface area contributed by atoms with Crippen LogP contribution in [-0.4, -0.2) is 38.1 Å². The van der Waals surface area contributed by atoms with Crippen LogP contribution in [0.2, 0.25) is 0 Å². The summed E-state index contributed by atoms with van der Waals surface area (Å²) in [5.41, 5.74) is 1.90. The molecule has 0 unspecified atom stereocenters. The van der Waals surface area contributed by atoms with Gasteiger partial charge in [0.25, 0.3) is 0 Å². The molecule has 2 aromatic rings. The molecule has 2 aromatic carbocycles. The van der Waals surface area contributed by atoms with Gasteiger partial charge >= 0.3 is 0 Å². The van der Waals surface area contributed by atoms with Crippen molar-refractivity contribution in [1.82, 2.24) is 4.90 Å². The highest BCUT2D eigenvalue weighted by molar-refractivity contribution is 5.92. The Bertz CT molecular complexity index is 674. The number of hydrogen-bond donors (Lipinski definition) is 1. The molecule has 0 aliphatic heterocycles. The average molecular weight is 342 g/mol. The number of hydrogen-bond acceptors (Lipinski definition) is 4. The maximum Gasteiger partial charge on any atom is 0.225 e. The summed E-state index contributed by atoms with van der Waals surface area (Å²) in [4.78, 5) is 14.5. The van der Waals surface area contributed by atoms with Crippen molar-refractivity contribution >= 4 is 11.6 Å². The van der Waals surface area contributed by atoms with Gasteiger partial charge in [-0.2, -0.15) is 0 Å². The molecule has 0 fully saturated rings. The summed E-state index contributed by atoms with van der Waals surface area (Å²) in [6.45, 7) is 4.55. The molecule has 134 valence electrons. The zero-order valence-electron chi connectivity index (χ0n) is 15.1. The molecule has 0 aliphatic rings. The Morgan fingerprint density at radius 2 is 1.84 bits per heavy atom. The molecule has 0 heterocycles. The number of carbonyl (C=O) groups excluding carboxylic acids is 1. The van der Waals surface area contributed by atoms with Gasteiger partial charge in [0.15, 0.2) is 0 Å². The normalized spacial score (nSPS) is 10.6. The predicted octanol–water partition coefficient (Wildman–Crippen LogP) is 3.55. The summed E-state index contributed by atoms with van der Waals surface area (Å²) >= 11 is 0. The molecule has 0 atom stereocenters. The number of benzene rings is 2. The molecule has 0 radical (unpaired) electrons. The SMILES string of the molecule is CCN(CCC(=O)Nc1ccc(OC)cc1OC)Cc1ccccc1. The zero-order valence-corrected chi connectivity index (χ0v) is 15.1. The molecule has 0 bridgehead atoms. The first kappa shape index (κ1) is 18.8. The van der Waals surface area contributed by atoms with E-state index in [0.29, 0.717) is 30.2 Å². The van der Waals surface area contributed by atoms with Gasteiger partial charge in [-0.25, -0.2) is 0 Å². The third-order valence-corrected chi connectivity index (χ3v) is 4.03. The molecule has 2 rings (SSSR count). The van der Waals surface area contributed by atoms with Crippen LogP contribution in [0.1, 0.15) is 18.9 Å². The second-order valence-electron chi connectivity index (χ2n) is 5.72. The first-order valence-corrected chi connectivity index (χ1v) is 8.44. The van der Waals surface area contributed by atoms with Gasteiger partial charge in [0, 0.05) is 25.6 Å². The van der Waals surface area contributed by atoms with E-state index in [4.69, 9.17) is 9.47 Å². The van der Waals surface area contributed by atoms with E-state index < -0.39 is 0 Å². The third-order valence-electron chi connectivity index (χ3n) is 4.03. The van der Waals surface area contributed by atoms with E-state index in [1.54, 1.807) is 32.4 Å². The van der Waals surface area contributed by atoms with Crippen molar-refractivity contribution in [3.63, 3.8) is 0 Å². The highest BCUT2D eigenvalue weighted by atomic mass is 16.5. The van der Waals surface area contributed by atoms with Crippen molar-refractivity contribution in [2.75, 3.05) is 32.6 Å². The minimum atomic E-state index is -0.0324. The molecule has 0 aromatic heterocycles. The average Bonchev–Trinajstić information content (AvgIpc) is 2.66. The number of amides is 1. The number of methoxy groups -OCH3 is 2. The fraction of sp³-hybridized carbons (Fsp3) is 0.350. The van der Waals surface area contributed by atoms with E-state index in [1.807, 2.05) is 18.2 Å². The van der Waals surface area contributed by atoms with E-state index in [9.17, 15) is 4.79 Å². The van der Waals surface area contributed by atoms with Gasteiger partial charge in [0.1, 0.15) is 11.5 Å². The molecule has 0 saturated carbocycles. The summed E-state index contributed by atoms with van der Waals surface area (Å²) in [5.74, 6) is 1.24. The van der Waals surface area contributed by atoms with E-state index in [2.05, 4.69) is 29.3 Å². The summed E-state index contributed by atoms with van der Waals surface area (Å²) in [7, 11) is 3.17. The van der Waals surface area contributed by atoms with Crippen LogP contribution in [0.4, 0.5) is 5.69 Å². The second-order valence-corrected chi connectivity index (χ2v) is 5.72. The van der Waals surface area contributed by atoms with Crippen LogP contribution < -0.4 is 14.8 Å².